The molecule has 0 spiro atoms. The van der Waals surface area contributed by atoms with Crippen molar-refractivity contribution in [1.29, 1.82) is 0 Å². The van der Waals surface area contributed by atoms with Crippen LogP contribution in [0.4, 0.5) is 0 Å². The highest BCUT2D eigenvalue weighted by molar-refractivity contribution is 7.79. The molecule has 0 heterocycles. The molecule has 0 saturated carbocycles. The lowest BCUT2D eigenvalue weighted by atomic mass is 10.1. The van der Waals surface area contributed by atoms with Crippen LogP contribution < -0.4 is 10.6 Å². The van der Waals surface area contributed by atoms with E-state index in [1.807, 2.05) is 13.8 Å². The van der Waals surface area contributed by atoms with E-state index < -0.39 is 28.3 Å². The normalized spacial score (nSPS) is 13.5. The maximum Gasteiger partial charge on any atom is 0.253 e. The standard InChI is InChI=1S/C14H18Cl2N2O4S/c1-8(2)5-13(23(21)22)18-12(19)7-17-14(20)10-6-9(15)3-4-11(10)16/h3-4,6,8,13H,5,7H2,1-2H3,(H,17,20)(H,18,19)(H,21,22)/t13-/m1/s1. The number of carbonyl (C=O) groups excluding carboxylic acids is 2. The number of nitrogens with one attached hydrogen (secondary N) is 2. The van der Waals surface area contributed by atoms with Gasteiger partial charge in [0.25, 0.3) is 5.91 Å². The van der Waals surface area contributed by atoms with E-state index in [-0.39, 0.29) is 23.0 Å². The highest BCUT2D eigenvalue weighted by atomic mass is 35.5. The molecule has 128 valence electrons. The Morgan fingerprint density at radius 1 is 1.30 bits per heavy atom. The van der Waals surface area contributed by atoms with E-state index in [1.54, 1.807) is 6.07 Å². The first-order valence-corrected chi connectivity index (χ1v) is 8.75. The first-order valence-electron chi connectivity index (χ1n) is 6.83. The number of amides is 2. The van der Waals surface area contributed by atoms with Crippen LogP contribution in [0.5, 0.6) is 0 Å². The molecule has 23 heavy (non-hydrogen) atoms. The van der Waals surface area contributed by atoms with E-state index in [0.717, 1.165) is 0 Å². The second kappa shape index (κ2) is 9.22. The Hall–Kier alpha value is -1.15. The van der Waals surface area contributed by atoms with Crippen LogP contribution in [0.15, 0.2) is 18.2 Å². The van der Waals surface area contributed by atoms with E-state index in [2.05, 4.69) is 10.6 Å². The molecule has 2 atom stereocenters. The Morgan fingerprint density at radius 3 is 2.52 bits per heavy atom. The Balaban J connectivity index is 2.59. The maximum atomic E-state index is 12.0. The molecule has 0 bridgehead atoms. The van der Waals surface area contributed by atoms with Gasteiger partial charge in [0, 0.05) is 5.02 Å². The first kappa shape index (κ1) is 19.9. The molecule has 1 rings (SSSR count). The van der Waals surface area contributed by atoms with Gasteiger partial charge in [0.2, 0.25) is 5.91 Å². The Labute approximate surface area is 147 Å². The quantitative estimate of drug-likeness (QED) is 0.632. The third-order valence-corrected chi connectivity index (χ3v) is 4.20. The third-order valence-electron chi connectivity index (χ3n) is 2.83. The summed E-state index contributed by atoms with van der Waals surface area (Å²) in [6.07, 6.45) is 0.350. The molecule has 0 aliphatic rings. The largest absolute Gasteiger partial charge is 0.343 e. The smallest absolute Gasteiger partial charge is 0.253 e. The van der Waals surface area contributed by atoms with Crippen LogP contribution in [0.25, 0.3) is 0 Å². The fourth-order valence-corrected chi connectivity index (χ4v) is 2.93. The van der Waals surface area contributed by atoms with Gasteiger partial charge in [-0.1, -0.05) is 37.0 Å². The average molecular weight is 381 g/mol. The van der Waals surface area contributed by atoms with Gasteiger partial charge in [0.1, 0.15) is 5.37 Å². The fraction of sp³-hybridized carbons (Fsp3) is 0.429. The molecule has 0 radical (unpaired) electrons. The van der Waals surface area contributed by atoms with Gasteiger partial charge in [-0.3, -0.25) is 9.59 Å². The zero-order valence-corrected chi connectivity index (χ0v) is 15.0. The summed E-state index contributed by atoms with van der Waals surface area (Å²) in [6, 6.07) is 4.41. The van der Waals surface area contributed by atoms with Gasteiger partial charge in [0.15, 0.2) is 11.1 Å². The van der Waals surface area contributed by atoms with Gasteiger partial charge < -0.3 is 15.2 Å². The molecule has 1 aromatic carbocycles. The molecule has 6 nitrogen and oxygen atoms in total. The van der Waals surface area contributed by atoms with Crippen LogP contribution in [0.3, 0.4) is 0 Å². The van der Waals surface area contributed by atoms with Gasteiger partial charge in [-0.15, -0.1) is 0 Å². The minimum Gasteiger partial charge on any atom is -0.343 e. The number of hydrogen-bond donors (Lipinski definition) is 3. The van der Waals surface area contributed by atoms with E-state index in [9.17, 15) is 18.4 Å². The van der Waals surface area contributed by atoms with E-state index in [1.165, 1.54) is 12.1 Å². The third kappa shape index (κ3) is 6.87. The molecule has 0 aliphatic heterocycles. The SMILES string of the molecule is CC(C)C[C@H](NC(=O)CNC(=O)c1cc(Cl)ccc1Cl)S(=O)O. The van der Waals surface area contributed by atoms with Crippen molar-refractivity contribution < 1.29 is 18.4 Å². The monoisotopic (exact) mass is 380 g/mol. The molecular weight excluding hydrogens is 363 g/mol. The zero-order valence-electron chi connectivity index (χ0n) is 12.6. The van der Waals surface area contributed by atoms with Crippen molar-refractivity contribution in [2.75, 3.05) is 6.54 Å². The highest BCUT2D eigenvalue weighted by Crippen LogP contribution is 2.20. The van der Waals surface area contributed by atoms with E-state index >= 15 is 0 Å². The van der Waals surface area contributed by atoms with Crippen LogP contribution in [0.2, 0.25) is 10.0 Å². The lowest BCUT2D eigenvalue weighted by molar-refractivity contribution is -0.120. The zero-order chi connectivity index (χ0) is 17.6. The summed E-state index contributed by atoms with van der Waals surface area (Å²) in [7, 11) is 0. The maximum absolute atomic E-state index is 12.0. The number of hydrogen-bond acceptors (Lipinski definition) is 3. The number of benzene rings is 1. The summed E-state index contributed by atoms with van der Waals surface area (Å²) in [5.41, 5.74) is 0.149. The van der Waals surface area contributed by atoms with Gasteiger partial charge >= 0.3 is 0 Å². The van der Waals surface area contributed by atoms with Gasteiger partial charge in [-0.05, 0) is 30.5 Å². The first-order chi connectivity index (χ1) is 10.7. The second-order valence-corrected chi connectivity index (χ2v) is 7.23. The number of halogens is 2. The van der Waals surface area contributed by atoms with Crippen LogP contribution in [0, 0.1) is 5.92 Å². The van der Waals surface area contributed by atoms with Crippen molar-refractivity contribution in [3.8, 4) is 0 Å². The predicted octanol–water partition coefficient (Wildman–Crippen LogP) is 2.43. The molecule has 1 unspecified atom stereocenters. The van der Waals surface area contributed by atoms with Gasteiger partial charge in [-0.2, -0.15) is 0 Å². The summed E-state index contributed by atoms with van der Waals surface area (Å²) >= 11 is 9.51. The summed E-state index contributed by atoms with van der Waals surface area (Å²) in [6.45, 7) is 3.40. The molecule has 3 N–H and O–H groups in total. The van der Waals surface area contributed by atoms with Crippen LogP contribution >= 0.6 is 23.2 Å². The minimum absolute atomic E-state index is 0.135. The highest BCUT2D eigenvalue weighted by Gasteiger charge is 2.20. The summed E-state index contributed by atoms with van der Waals surface area (Å²) in [5.74, 6) is -0.987. The number of carbonyl (C=O) groups is 2. The molecule has 2 amide bonds. The minimum atomic E-state index is -2.18. The molecular formula is C14H18Cl2N2O4S. The number of rotatable bonds is 7. The fourth-order valence-electron chi connectivity index (χ4n) is 1.78. The molecule has 0 aliphatic carbocycles. The van der Waals surface area contributed by atoms with Crippen molar-refractivity contribution in [1.82, 2.24) is 10.6 Å². The Bertz CT molecular complexity index is 610. The topological polar surface area (TPSA) is 95.5 Å². The van der Waals surface area contributed by atoms with Crippen molar-refractivity contribution in [2.24, 2.45) is 5.92 Å². The van der Waals surface area contributed by atoms with Gasteiger partial charge in [-0.25, -0.2) is 4.21 Å². The summed E-state index contributed by atoms with van der Waals surface area (Å²) < 4.78 is 20.4. The van der Waals surface area contributed by atoms with Crippen molar-refractivity contribution >= 4 is 46.1 Å². The van der Waals surface area contributed by atoms with Crippen molar-refractivity contribution in [3.63, 3.8) is 0 Å². The van der Waals surface area contributed by atoms with Crippen molar-refractivity contribution in [3.05, 3.63) is 33.8 Å². The average Bonchev–Trinajstić information content (AvgIpc) is 2.46. The molecule has 0 aromatic heterocycles. The van der Waals surface area contributed by atoms with Crippen LogP contribution in [-0.2, 0) is 15.9 Å². The van der Waals surface area contributed by atoms with E-state index in [4.69, 9.17) is 23.2 Å². The lowest BCUT2D eigenvalue weighted by Gasteiger charge is -2.17. The van der Waals surface area contributed by atoms with Crippen LogP contribution in [-0.4, -0.2) is 32.5 Å². The lowest BCUT2D eigenvalue weighted by Crippen LogP contribution is -2.44. The molecule has 1 aromatic rings. The Kier molecular flexibility index (Phi) is 7.98. The molecule has 0 fully saturated rings. The van der Waals surface area contributed by atoms with Crippen molar-refractivity contribution in [2.45, 2.75) is 25.6 Å². The van der Waals surface area contributed by atoms with Crippen LogP contribution in [0.1, 0.15) is 30.6 Å². The summed E-state index contributed by atoms with van der Waals surface area (Å²) in [4.78, 5) is 23.8. The second-order valence-electron chi connectivity index (χ2n) is 5.27. The summed E-state index contributed by atoms with van der Waals surface area (Å²) in [5, 5.41) is 4.48. The molecule has 0 saturated heterocycles. The van der Waals surface area contributed by atoms with E-state index in [0.29, 0.717) is 11.4 Å². The van der Waals surface area contributed by atoms with Gasteiger partial charge in [0.05, 0.1) is 17.1 Å². The Morgan fingerprint density at radius 2 is 1.96 bits per heavy atom. The molecule has 9 heteroatoms. The predicted molar refractivity (Wildman–Crippen MR) is 91.0 cm³/mol.